The van der Waals surface area contributed by atoms with Crippen molar-refractivity contribution >= 4 is 17.6 Å². The van der Waals surface area contributed by atoms with Crippen molar-refractivity contribution in [3.05, 3.63) is 46.0 Å². The second-order valence-corrected chi connectivity index (χ2v) is 2.71. The number of rotatable bonds is 3. The largest absolute Gasteiger partial charge is 0.409 e. The molecule has 6 nitrogen and oxygen atoms in total. The molecule has 0 bridgehead atoms. The minimum Gasteiger partial charge on any atom is -0.409 e. The molecule has 0 aliphatic carbocycles. The van der Waals surface area contributed by atoms with E-state index in [-0.39, 0.29) is 11.5 Å². The number of amidine groups is 1. The van der Waals surface area contributed by atoms with Gasteiger partial charge in [0, 0.05) is 12.1 Å². The summed E-state index contributed by atoms with van der Waals surface area (Å²) in [6.45, 7) is 0. The van der Waals surface area contributed by atoms with E-state index in [1.165, 1.54) is 18.2 Å². The number of hydrogen-bond donors (Lipinski definition) is 2. The van der Waals surface area contributed by atoms with E-state index in [2.05, 4.69) is 5.16 Å². The maximum absolute atomic E-state index is 10.3. The van der Waals surface area contributed by atoms with Crippen molar-refractivity contribution in [1.82, 2.24) is 0 Å². The van der Waals surface area contributed by atoms with Crippen LogP contribution >= 0.6 is 0 Å². The van der Waals surface area contributed by atoms with Crippen molar-refractivity contribution in [2.45, 2.75) is 0 Å². The number of hydrogen-bond acceptors (Lipinski definition) is 4. The van der Waals surface area contributed by atoms with Crippen LogP contribution in [0.3, 0.4) is 0 Å². The van der Waals surface area contributed by atoms with E-state index in [1.54, 1.807) is 18.2 Å². The van der Waals surface area contributed by atoms with E-state index < -0.39 is 4.92 Å². The van der Waals surface area contributed by atoms with Crippen LogP contribution in [0.25, 0.3) is 6.08 Å². The summed E-state index contributed by atoms with van der Waals surface area (Å²) in [5, 5.41) is 21.3. The van der Waals surface area contributed by atoms with Crippen molar-refractivity contribution in [1.29, 1.82) is 0 Å². The van der Waals surface area contributed by atoms with E-state index in [1.807, 2.05) is 0 Å². The Balaban J connectivity index is 2.81. The number of benzene rings is 1. The Bertz CT molecular complexity index is 409. The second kappa shape index (κ2) is 4.75. The number of nitro groups is 1. The monoisotopic (exact) mass is 207 g/mol. The third kappa shape index (κ3) is 3.11. The predicted octanol–water partition coefficient (Wildman–Crippen LogP) is 1.35. The molecule has 0 radical (unpaired) electrons. The summed E-state index contributed by atoms with van der Waals surface area (Å²) in [7, 11) is 0. The first-order chi connectivity index (χ1) is 7.13. The molecule has 0 saturated heterocycles. The molecule has 0 heterocycles. The lowest BCUT2D eigenvalue weighted by atomic mass is 10.2. The van der Waals surface area contributed by atoms with Gasteiger partial charge in [0.25, 0.3) is 5.69 Å². The van der Waals surface area contributed by atoms with Crippen molar-refractivity contribution in [2.24, 2.45) is 10.9 Å². The lowest BCUT2D eigenvalue weighted by molar-refractivity contribution is -0.384. The fraction of sp³-hybridized carbons (Fsp3) is 0. The molecule has 0 amide bonds. The van der Waals surface area contributed by atoms with Crippen LogP contribution in [0.1, 0.15) is 5.56 Å². The molecule has 1 rings (SSSR count). The Kier molecular flexibility index (Phi) is 3.39. The van der Waals surface area contributed by atoms with Gasteiger partial charge in [-0.25, -0.2) is 0 Å². The van der Waals surface area contributed by atoms with Gasteiger partial charge in [0.15, 0.2) is 5.84 Å². The number of nitrogens with two attached hydrogens (primary N) is 1. The lowest BCUT2D eigenvalue weighted by Crippen LogP contribution is -2.06. The summed E-state index contributed by atoms with van der Waals surface area (Å²) in [5.74, 6) is -0.0339. The third-order valence-corrected chi connectivity index (χ3v) is 1.67. The van der Waals surface area contributed by atoms with Gasteiger partial charge in [0.1, 0.15) is 0 Å². The number of nitro benzene ring substituents is 1. The van der Waals surface area contributed by atoms with Crippen LogP contribution in [0.2, 0.25) is 0 Å². The normalized spacial score (nSPS) is 11.9. The van der Waals surface area contributed by atoms with E-state index >= 15 is 0 Å². The van der Waals surface area contributed by atoms with Gasteiger partial charge in [-0.3, -0.25) is 10.1 Å². The highest BCUT2D eigenvalue weighted by Crippen LogP contribution is 2.12. The molecular formula is C9H9N3O3. The average Bonchev–Trinajstić information content (AvgIpc) is 2.26. The summed E-state index contributed by atoms with van der Waals surface area (Å²) in [6.07, 6.45) is 2.97. The van der Waals surface area contributed by atoms with Crippen molar-refractivity contribution in [3.63, 3.8) is 0 Å². The van der Waals surface area contributed by atoms with E-state index in [4.69, 9.17) is 10.9 Å². The summed E-state index contributed by atoms with van der Waals surface area (Å²) < 4.78 is 0. The number of oxime groups is 1. The van der Waals surface area contributed by atoms with Crippen LogP contribution in [-0.4, -0.2) is 16.0 Å². The zero-order valence-corrected chi connectivity index (χ0v) is 7.70. The molecule has 0 spiro atoms. The van der Waals surface area contributed by atoms with Gasteiger partial charge in [0.05, 0.1) is 4.92 Å². The van der Waals surface area contributed by atoms with E-state index in [0.29, 0.717) is 0 Å². The van der Waals surface area contributed by atoms with Crippen LogP contribution in [0.5, 0.6) is 0 Å². The molecule has 0 aliphatic rings. The van der Waals surface area contributed by atoms with Crippen LogP contribution in [0, 0.1) is 10.1 Å². The van der Waals surface area contributed by atoms with Gasteiger partial charge >= 0.3 is 0 Å². The van der Waals surface area contributed by atoms with E-state index in [9.17, 15) is 10.1 Å². The summed E-state index contributed by atoms with van der Waals surface area (Å²) in [6, 6.07) is 5.90. The van der Waals surface area contributed by atoms with Crippen molar-refractivity contribution in [2.75, 3.05) is 0 Å². The van der Waals surface area contributed by atoms with E-state index in [0.717, 1.165) is 5.56 Å². The molecule has 0 atom stereocenters. The molecule has 15 heavy (non-hydrogen) atoms. The average molecular weight is 207 g/mol. The first kappa shape index (κ1) is 10.7. The molecule has 6 heteroatoms. The third-order valence-electron chi connectivity index (χ3n) is 1.67. The maximum Gasteiger partial charge on any atom is 0.269 e. The van der Waals surface area contributed by atoms with Gasteiger partial charge in [-0.2, -0.15) is 0 Å². The molecule has 0 saturated carbocycles. The molecular weight excluding hydrogens is 198 g/mol. The minimum atomic E-state index is -0.475. The zero-order valence-electron chi connectivity index (χ0n) is 7.70. The van der Waals surface area contributed by atoms with Crippen LogP contribution in [0.15, 0.2) is 35.5 Å². The SMILES string of the molecule is NC(/C=C/c1ccc([N+](=O)[O-])cc1)=NO. The van der Waals surface area contributed by atoms with Crippen molar-refractivity contribution in [3.8, 4) is 0 Å². The van der Waals surface area contributed by atoms with Crippen molar-refractivity contribution < 1.29 is 10.1 Å². The van der Waals surface area contributed by atoms with Gasteiger partial charge in [0.2, 0.25) is 0 Å². The molecule has 1 aromatic carbocycles. The predicted molar refractivity (Wildman–Crippen MR) is 55.5 cm³/mol. The Hall–Kier alpha value is -2.37. The quantitative estimate of drug-likeness (QED) is 0.257. The maximum atomic E-state index is 10.3. The molecule has 78 valence electrons. The van der Waals surface area contributed by atoms with Gasteiger partial charge in [-0.1, -0.05) is 11.2 Å². The zero-order chi connectivity index (χ0) is 11.3. The summed E-state index contributed by atoms with van der Waals surface area (Å²) in [4.78, 5) is 9.86. The fourth-order valence-corrected chi connectivity index (χ4v) is 0.922. The van der Waals surface area contributed by atoms with Gasteiger partial charge < -0.3 is 10.9 Å². The van der Waals surface area contributed by atoms with Gasteiger partial charge in [-0.15, -0.1) is 0 Å². The Labute approximate surface area is 85.5 Å². The number of non-ortho nitro benzene ring substituents is 1. The smallest absolute Gasteiger partial charge is 0.269 e. The highest BCUT2D eigenvalue weighted by atomic mass is 16.6. The standard InChI is InChI=1S/C9H9N3O3/c10-9(11-13)6-3-7-1-4-8(5-2-7)12(14)15/h1-6,13H,(H2,10,11)/b6-3+. The highest BCUT2D eigenvalue weighted by molar-refractivity contribution is 5.94. The van der Waals surface area contributed by atoms with Crippen LogP contribution in [0.4, 0.5) is 5.69 Å². The lowest BCUT2D eigenvalue weighted by Gasteiger charge is -1.93. The second-order valence-electron chi connectivity index (χ2n) is 2.71. The summed E-state index contributed by atoms with van der Waals surface area (Å²) >= 11 is 0. The van der Waals surface area contributed by atoms with Gasteiger partial charge in [-0.05, 0) is 23.8 Å². The minimum absolute atomic E-state index is 0.0240. The van der Waals surface area contributed by atoms with Crippen LogP contribution < -0.4 is 5.73 Å². The fourth-order valence-electron chi connectivity index (χ4n) is 0.922. The first-order valence-corrected chi connectivity index (χ1v) is 4.03. The molecule has 0 unspecified atom stereocenters. The molecule has 0 fully saturated rings. The molecule has 3 N–H and O–H groups in total. The number of nitrogens with zero attached hydrogens (tertiary/aromatic N) is 2. The Morgan fingerprint density at radius 2 is 2.07 bits per heavy atom. The highest BCUT2D eigenvalue weighted by Gasteiger charge is 2.01. The Morgan fingerprint density at radius 3 is 2.53 bits per heavy atom. The Morgan fingerprint density at radius 1 is 1.47 bits per heavy atom. The molecule has 0 aliphatic heterocycles. The topological polar surface area (TPSA) is 102 Å². The first-order valence-electron chi connectivity index (χ1n) is 4.03. The molecule has 1 aromatic rings. The molecule has 0 aromatic heterocycles. The summed E-state index contributed by atoms with van der Waals surface area (Å²) in [5.41, 5.74) is 5.96. The van der Waals surface area contributed by atoms with Crippen LogP contribution in [-0.2, 0) is 0 Å².